The molecule has 7 heteroatoms. The molecule has 84 valence electrons. The first-order valence-corrected chi connectivity index (χ1v) is 5.17. The van der Waals surface area contributed by atoms with Crippen LogP contribution in [0.5, 0.6) is 0 Å². The van der Waals surface area contributed by atoms with Crippen LogP contribution in [-0.4, -0.2) is 19.9 Å². The van der Waals surface area contributed by atoms with Crippen molar-refractivity contribution >= 4 is 24.4 Å². The van der Waals surface area contributed by atoms with Crippen molar-refractivity contribution in [2.24, 2.45) is 0 Å². The number of rotatable bonds is 0. The van der Waals surface area contributed by atoms with Gasteiger partial charge in [0.25, 0.3) is 0 Å². The van der Waals surface area contributed by atoms with E-state index >= 15 is 0 Å². The Kier molecular flexibility index (Phi) is 8.00. The Balaban J connectivity index is 0.000000284. The quantitative estimate of drug-likeness (QED) is 0.427. The van der Waals surface area contributed by atoms with Gasteiger partial charge < -0.3 is 10.4 Å². The van der Waals surface area contributed by atoms with Crippen LogP contribution in [0.3, 0.4) is 0 Å². The van der Waals surface area contributed by atoms with Gasteiger partial charge in [0.1, 0.15) is 9.28 Å². The Labute approximate surface area is 129 Å². The monoisotopic (exact) mass is 368 g/mol. The molecule has 0 aliphatic heterocycles. The number of hydrogen-bond donors (Lipinski definition) is 2. The van der Waals surface area contributed by atoms with E-state index in [4.69, 9.17) is 10.4 Å². The second-order valence-corrected chi connectivity index (χ2v) is 3.60. The van der Waals surface area contributed by atoms with Gasteiger partial charge in [0, 0.05) is 12.4 Å². The van der Waals surface area contributed by atoms with E-state index in [1.54, 1.807) is 36.4 Å². The molecule has 2 heterocycles. The second kappa shape index (κ2) is 8.37. The molecule has 4 nitrogen and oxygen atoms in total. The van der Waals surface area contributed by atoms with Gasteiger partial charge in [0.05, 0.1) is 0 Å². The number of aromatic nitrogens is 2. The Morgan fingerprint density at radius 1 is 0.765 bits per heavy atom. The first-order chi connectivity index (χ1) is 7.61. The van der Waals surface area contributed by atoms with Gasteiger partial charge in [-0.05, 0) is 24.3 Å². The first kappa shape index (κ1) is 16.3. The fraction of sp³-hybridized carbons (Fsp3) is 0. The zero-order valence-electron chi connectivity index (χ0n) is 8.93. The van der Waals surface area contributed by atoms with Crippen molar-refractivity contribution in [3.8, 4) is 0 Å². The first-order valence-electron chi connectivity index (χ1n) is 4.35. The van der Waals surface area contributed by atoms with Crippen LogP contribution in [0.2, 0.25) is 0 Å². The predicted octanol–water partition coefficient (Wildman–Crippen LogP) is 2.91. The van der Waals surface area contributed by atoms with Crippen LogP contribution < -0.4 is 0 Å². The van der Waals surface area contributed by atoms with Gasteiger partial charge >= 0.3 is 27.3 Å². The number of hydrogen-bond acceptors (Lipinski definition) is 4. The van der Waals surface area contributed by atoms with Crippen molar-refractivity contribution in [2.75, 3.05) is 0 Å². The van der Waals surface area contributed by atoms with Crippen LogP contribution in [0, 0.1) is 9.28 Å². The maximum atomic E-state index is 8.73. The minimum absolute atomic E-state index is 0. The summed E-state index contributed by atoms with van der Waals surface area (Å²) in [6, 6.07) is 10.3. The minimum atomic E-state index is 0. The standard InChI is InChI=1S/2C5H5NOS.Cd/c2*7-6-4-2-1-3-5(6)8;/h2*1-4,7H;/q;;+2. The third-order valence-electron chi connectivity index (χ3n) is 1.61. The van der Waals surface area contributed by atoms with Gasteiger partial charge in [0.2, 0.25) is 0 Å². The maximum absolute atomic E-state index is 8.73. The molecule has 0 unspecified atom stereocenters. The van der Waals surface area contributed by atoms with E-state index in [-0.39, 0.29) is 27.3 Å². The van der Waals surface area contributed by atoms with Crippen LogP contribution in [0.1, 0.15) is 0 Å². The Bertz CT molecular complexity index is 517. The van der Waals surface area contributed by atoms with Crippen LogP contribution in [0.25, 0.3) is 0 Å². The molecule has 0 aromatic carbocycles. The van der Waals surface area contributed by atoms with Crippen molar-refractivity contribution in [1.29, 1.82) is 0 Å². The van der Waals surface area contributed by atoms with Crippen molar-refractivity contribution in [1.82, 2.24) is 9.46 Å². The van der Waals surface area contributed by atoms with Gasteiger partial charge in [-0.3, -0.25) is 0 Å². The third-order valence-corrected chi connectivity index (χ3v) is 2.25. The average molecular weight is 367 g/mol. The summed E-state index contributed by atoms with van der Waals surface area (Å²) in [7, 11) is 0. The summed E-state index contributed by atoms with van der Waals surface area (Å²) in [6.07, 6.45) is 2.98. The molecule has 0 atom stereocenters. The Morgan fingerprint density at radius 3 is 1.29 bits per heavy atom. The van der Waals surface area contributed by atoms with E-state index in [1.165, 1.54) is 12.4 Å². The molecule has 2 aromatic heterocycles. The molecule has 0 bridgehead atoms. The molecule has 0 saturated carbocycles. The van der Waals surface area contributed by atoms with Crippen LogP contribution in [0.15, 0.2) is 48.8 Å². The summed E-state index contributed by atoms with van der Waals surface area (Å²) >= 11 is 9.33. The van der Waals surface area contributed by atoms with Crippen LogP contribution in [0.4, 0.5) is 0 Å². The third kappa shape index (κ3) is 5.94. The smallest absolute Gasteiger partial charge is 0.428 e. The molecule has 0 aliphatic carbocycles. The molecule has 2 rings (SSSR count). The van der Waals surface area contributed by atoms with Crippen molar-refractivity contribution in [3.63, 3.8) is 0 Å². The van der Waals surface area contributed by atoms with Gasteiger partial charge in [0.15, 0.2) is 0 Å². The summed E-state index contributed by atoms with van der Waals surface area (Å²) in [5.41, 5.74) is 0. The largest absolute Gasteiger partial charge is 2.00 e. The second-order valence-electron chi connectivity index (χ2n) is 2.77. The molecule has 2 aromatic rings. The minimum Gasteiger partial charge on any atom is -0.428 e. The number of pyridine rings is 2. The fourth-order valence-corrected chi connectivity index (χ4v) is 1.12. The molecule has 0 aliphatic rings. The molecule has 0 fully saturated rings. The molecule has 0 spiro atoms. The van der Waals surface area contributed by atoms with E-state index in [1.807, 2.05) is 0 Å². The Morgan fingerprint density at radius 2 is 1.12 bits per heavy atom. The molecular weight excluding hydrogens is 357 g/mol. The van der Waals surface area contributed by atoms with Gasteiger partial charge in [-0.15, -0.1) is 0 Å². The van der Waals surface area contributed by atoms with E-state index < -0.39 is 0 Å². The van der Waals surface area contributed by atoms with Crippen molar-refractivity contribution in [3.05, 3.63) is 58.1 Å². The summed E-state index contributed by atoms with van der Waals surface area (Å²) in [5, 5.41) is 17.5. The summed E-state index contributed by atoms with van der Waals surface area (Å²) in [4.78, 5) is 0. The molecular formula is C10H10CdN2O2S2+2. The van der Waals surface area contributed by atoms with Gasteiger partial charge in [-0.25, -0.2) is 0 Å². The number of nitrogens with zero attached hydrogens (tertiary/aromatic N) is 2. The van der Waals surface area contributed by atoms with Crippen molar-refractivity contribution in [2.45, 2.75) is 0 Å². The maximum Gasteiger partial charge on any atom is 2.00 e. The van der Waals surface area contributed by atoms with E-state index in [2.05, 4.69) is 24.4 Å². The fourth-order valence-electron chi connectivity index (χ4n) is 0.838. The normalized spacial score (nSPS) is 8.47. The average Bonchev–Trinajstić information content (AvgIpc) is 2.28. The SMILES string of the molecule is On1ccccc1=S.On1ccccc1=S.[Cd+2]. The topological polar surface area (TPSA) is 50.3 Å². The van der Waals surface area contributed by atoms with E-state index in [0.29, 0.717) is 9.28 Å². The van der Waals surface area contributed by atoms with Crippen LogP contribution >= 0.6 is 24.4 Å². The molecule has 2 N–H and O–H groups in total. The van der Waals surface area contributed by atoms with E-state index in [0.717, 1.165) is 9.46 Å². The summed E-state index contributed by atoms with van der Waals surface area (Å²) < 4.78 is 2.64. The molecule has 0 radical (unpaired) electrons. The Hall–Kier alpha value is -0.738. The zero-order chi connectivity index (χ0) is 12.0. The summed E-state index contributed by atoms with van der Waals surface area (Å²) in [5.74, 6) is 0. The van der Waals surface area contributed by atoms with Crippen molar-refractivity contribution < 1.29 is 37.7 Å². The molecule has 0 amide bonds. The zero-order valence-corrected chi connectivity index (χ0v) is 14.6. The van der Waals surface area contributed by atoms with Crippen LogP contribution in [-0.2, 0) is 27.3 Å². The summed E-state index contributed by atoms with van der Waals surface area (Å²) in [6.45, 7) is 0. The van der Waals surface area contributed by atoms with Gasteiger partial charge in [-0.2, -0.15) is 9.46 Å². The predicted molar refractivity (Wildman–Crippen MR) is 64.9 cm³/mol. The molecule has 17 heavy (non-hydrogen) atoms. The van der Waals surface area contributed by atoms with Gasteiger partial charge in [-0.1, -0.05) is 36.6 Å². The van der Waals surface area contributed by atoms with E-state index in [9.17, 15) is 0 Å². The molecule has 0 saturated heterocycles.